The highest BCUT2D eigenvalue weighted by Gasteiger charge is 2.17. The summed E-state index contributed by atoms with van der Waals surface area (Å²) in [7, 11) is 0. The van der Waals surface area contributed by atoms with E-state index in [0.717, 1.165) is 12.8 Å². The molecule has 0 saturated heterocycles. The van der Waals surface area contributed by atoms with Gasteiger partial charge in [0.25, 0.3) is 0 Å². The predicted octanol–water partition coefficient (Wildman–Crippen LogP) is 4.39. The summed E-state index contributed by atoms with van der Waals surface area (Å²) >= 11 is 0. The van der Waals surface area contributed by atoms with Crippen molar-refractivity contribution in [1.29, 1.82) is 0 Å². The Morgan fingerprint density at radius 1 is 1.13 bits per heavy atom. The van der Waals surface area contributed by atoms with E-state index in [9.17, 15) is 5.11 Å². The van der Waals surface area contributed by atoms with E-state index in [-0.39, 0.29) is 6.10 Å². The Morgan fingerprint density at radius 2 is 1.73 bits per heavy atom. The number of hydrogen-bond acceptors (Lipinski definition) is 1. The Bertz CT molecular complexity index is 146. The van der Waals surface area contributed by atoms with E-state index in [4.69, 9.17) is 0 Å². The van der Waals surface area contributed by atoms with Gasteiger partial charge < -0.3 is 5.11 Å². The quantitative estimate of drug-likeness (QED) is 0.623. The van der Waals surface area contributed by atoms with E-state index in [2.05, 4.69) is 34.6 Å². The summed E-state index contributed by atoms with van der Waals surface area (Å²) in [4.78, 5) is 0. The summed E-state index contributed by atoms with van der Waals surface area (Å²) in [5, 5.41) is 9.84. The van der Waals surface area contributed by atoms with Crippen LogP contribution >= 0.6 is 0 Å². The van der Waals surface area contributed by atoms with Gasteiger partial charge in [0.05, 0.1) is 6.10 Å². The van der Waals surface area contributed by atoms with Crippen molar-refractivity contribution in [1.82, 2.24) is 0 Å². The van der Waals surface area contributed by atoms with Crippen LogP contribution in [0.25, 0.3) is 0 Å². The molecule has 92 valence electrons. The van der Waals surface area contributed by atoms with Crippen molar-refractivity contribution in [3.8, 4) is 0 Å². The molecule has 0 fully saturated rings. The van der Waals surface area contributed by atoms with E-state index in [0.29, 0.717) is 11.3 Å². The van der Waals surface area contributed by atoms with Gasteiger partial charge in [0.15, 0.2) is 0 Å². The van der Waals surface area contributed by atoms with Crippen molar-refractivity contribution in [2.75, 3.05) is 0 Å². The molecule has 0 amide bonds. The average Bonchev–Trinajstić information content (AvgIpc) is 2.00. The molecule has 0 spiro atoms. The van der Waals surface area contributed by atoms with Crippen molar-refractivity contribution >= 4 is 0 Å². The van der Waals surface area contributed by atoms with Gasteiger partial charge in [-0.3, -0.25) is 0 Å². The SMILES string of the molecule is CCCCCC(O)CC(C)CC(C)(C)C. The van der Waals surface area contributed by atoms with Gasteiger partial charge in [0.1, 0.15) is 0 Å². The van der Waals surface area contributed by atoms with Crippen molar-refractivity contribution in [3.63, 3.8) is 0 Å². The fraction of sp³-hybridized carbons (Fsp3) is 1.00. The molecule has 2 unspecified atom stereocenters. The first-order chi connectivity index (χ1) is 6.85. The highest BCUT2D eigenvalue weighted by atomic mass is 16.3. The molecule has 0 heterocycles. The molecule has 0 aromatic heterocycles. The fourth-order valence-corrected chi connectivity index (χ4v) is 2.34. The lowest BCUT2D eigenvalue weighted by Gasteiger charge is -2.24. The smallest absolute Gasteiger partial charge is 0.0542 e. The first-order valence-electron chi connectivity index (χ1n) is 6.53. The first kappa shape index (κ1) is 15.0. The highest BCUT2D eigenvalue weighted by molar-refractivity contribution is 4.69. The second-order valence-electron chi connectivity index (χ2n) is 6.26. The minimum atomic E-state index is -0.0751. The van der Waals surface area contributed by atoms with Crippen LogP contribution in [0.3, 0.4) is 0 Å². The van der Waals surface area contributed by atoms with Gasteiger partial charge in [-0.1, -0.05) is 53.9 Å². The van der Waals surface area contributed by atoms with E-state index in [1.807, 2.05) is 0 Å². The van der Waals surface area contributed by atoms with Crippen LogP contribution in [0.4, 0.5) is 0 Å². The van der Waals surface area contributed by atoms with Crippen LogP contribution in [0, 0.1) is 11.3 Å². The third-order valence-electron chi connectivity index (χ3n) is 2.78. The Labute approximate surface area is 96.3 Å². The lowest BCUT2D eigenvalue weighted by Crippen LogP contribution is -2.17. The third-order valence-corrected chi connectivity index (χ3v) is 2.78. The molecular formula is C14H30O. The van der Waals surface area contributed by atoms with Gasteiger partial charge in [0.2, 0.25) is 0 Å². The molecule has 0 radical (unpaired) electrons. The third kappa shape index (κ3) is 10.2. The monoisotopic (exact) mass is 214 g/mol. The van der Waals surface area contributed by atoms with Crippen LogP contribution in [0.1, 0.15) is 73.1 Å². The van der Waals surface area contributed by atoms with Gasteiger partial charge >= 0.3 is 0 Å². The molecule has 0 bridgehead atoms. The Hall–Kier alpha value is -0.0400. The van der Waals surface area contributed by atoms with Crippen LogP contribution in [-0.4, -0.2) is 11.2 Å². The molecule has 1 nitrogen and oxygen atoms in total. The summed E-state index contributed by atoms with van der Waals surface area (Å²) in [5.41, 5.74) is 0.391. The number of unbranched alkanes of at least 4 members (excludes halogenated alkanes) is 2. The van der Waals surface area contributed by atoms with Gasteiger partial charge in [-0.05, 0) is 30.6 Å². The van der Waals surface area contributed by atoms with Gasteiger partial charge in [0, 0.05) is 0 Å². The summed E-state index contributed by atoms with van der Waals surface area (Å²) in [6.45, 7) is 11.3. The zero-order chi connectivity index (χ0) is 11.9. The Morgan fingerprint density at radius 3 is 2.20 bits per heavy atom. The summed E-state index contributed by atoms with van der Waals surface area (Å²) in [6, 6.07) is 0. The van der Waals surface area contributed by atoms with Crippen LogP contribution in [0.2, 0.25) is 0 Å². The standard InChI is InChI=1S/C14H30O/c1-6-7-8-9-13(15)10-12(2)11-14(3,4)5/h12-13,15H,6-11H2,1-5H3. The summed E-state index contributed by atoms with van der Waals surface area (Å²) < 4.78 is 0. The second kappa shape index (κ2) is 7.27. The van der Waals surface area contributed by atoms with E-state index in [1.165, 1.54) is 25.7 Å². The lowest BCUT2D eigenvalue weighted by molar-refractivity contribution is 0.121. The van der Waals surface area contributed by atoms with Crippen molar-refractivity contribution < 1.29 is 5.11 Å². The molecule has 2 atom stereocenters. The zero-order valence-electron chi connectivity index (χ0n) is 11.3. The molecule has 1 N–H and O–H groups in total. The topological polar surface area (TPSA) is 20.2 Å². The molecular weight excluding hydrogens is 184 g/mol. The fourth-order valence-electron chi connectivity index (χ4n) is 2.34. The van der Waals surface area contributed by atoms with Crippen LogP contribution in [0.15, 0.2) is 0 Å². The van der Waals surface area contributed by atoms with E-state index >= 15 is 0 Å². The summed E-state index contributed by atoms with van der Waals surface area (Å²) in [6.07, 6.45) is 6.77. The molecule has 1 heteroatoms. The first-order valence-corrected chi connectivity index (χ1v) is 6.53. The molecule has 0 rings (SSSR count). The van der Waals surface area contributed by atoms with Gasteiger partial charge in [-0.25, -0.2) is 0 Å². The van der Waals surface area contributed by atoms with Crippen LogP contribution in [0.5, 0.6) is 0 Å². The molecule has 15 heavy (non-hydrogen) atoms. The Kier molecular flexibility index (Phi) is 7.25. The number of rotatable bonds is 7. The predicted molar refractivity (Wildman–Crippen MR) is 68.0 cm³/mol. The maximum absolute atomic E-state index is 9.84. The van der Waals surface area contributed by atoms with E-state index in [1.54, 1.807) is 0 Å². The lowest BCUT2D eigenvalue weighted by atomic mass is 9.83. The molecule has 0 aromatic carbocycles. The van der Waals surface area contributed by atoms with Gasteiger partial charge in [-0.15, -0.1) is 0 Å². The van der Waals surface area contributed by atoms with Crippen LogP contribution < -0.4 is 0 Å². The normalized spacial score (nSPS) is 16.4. The largest absolute Gasteiger partial charge is 0.393 e. The number of aliphatic hydroxyl groups excluding tert-OH is 1. The molecule has 0 saturated carbocycles. The molecule has 0 aliphatic rings. The second-order valence-corrected chi connectivity index (χ2v) is 6.26. The minimum absolute atomic E-state index is 0.0751. The van der Waals surface area contributed by atoms with Crippen LogP contribution in [-0.2, 0) is 0 Å². The van der Waals surface area contributed by atoms with Gasteiger partial charge in [-0.2, -0.15) is 0 Å². The van der Waals surface area contributed by atoms with Crippen molar-refractivity contribution in [2.45, 2.75) is 79.2 Å². The highest BCUT2D eigenvalue weighted by Crippen LogP contribution is 2.27. The number of hydrogen-bond donors (Lipinski definition) is 1. The maximum Gasteiger partial charge on any atom is 0.0542 e. The molecule has 0 aromatic rings. The Balaban J connectivity index is 3.62. The molecule has 0 aliphatic carbocycles. The van der Waals surface area contributed by atoms with E-state index < -0.39 is 0 Å². The minimum Gasteiger partial charge on any atom is -0.393 e. The summed E-state index contributed by atoms with van der Waals surface area (Å²) in [5.74, 6) is 0.640. The number of aliphatic hydroxyl groups is 1. The zero-order valence-corrected chi connectivity index (χ0v) is 11.3. The average molecular weight is 214 g/mol. The van der Waals surface area contributed by atoms with Crippen molar-refractivity contribution in [3.05, 3.63) is 0 Å². The molecule has 0 aliphatic heterocycles. The van der Waals surface area contributed by atoms with Crippen molar-refractivity contribution in [2.24, 2.45) is 11.3 Å². The maximum atomic E-state index is 9.84.